The zero-order valence-electron chi connectivity index (χ0n) is 16.3. The van der Waals surface area contributed by atoms with Gasteiger partial charge in [0.1, 0.15) is 5.69 Å². The van der Waals surface area contributed by atoms with Crippen LogP contribution in [-0.2, 0) is 0 Å². The third-order valence-electron chi connectivity index (χ3n) is 5.65. The van der Waals surface area contributed by atoms with Gasteiger partial charge in [-0.3, -0.25) is 4.98 Å². The van der Waals surface area contributed by atoms with Crippen LogP contribution < -0.4 is 18.9 Å². The number of hydrogen-bond acceptors (Lipinski definition) is 7. The summed E-state index contributed by atoms with van der Waals surface area (Å²) in [7, 11) is 1.66. The van der Waals surface area contributed by atoms with Gasteiger partial charge in [0.05, 0.1) is 18.9 Å². The number of rotatable bonds is 3. The van der Waals surface area contributed by atoms with Crippen molar-refractivity contribution < 1.29 is 18.9 Å². The summed E-state index contributed by atoms with van der Waals surface area (Å²) in [5, 5.41) is 6.97. The third kappa shape index (κ3) is 2.58. The van der Waals surface area contributed by atoms with Crippen molar-refractivity contribution >= 4 is 5.71 Å². The number of aromatic nitrogens is 1. The van der Waals surface area contributed by atoms with Gasteiger partial charge < -0.3 is 18.9 Å². The smallest absolute Gasteiger partial charge is 0.231 e. The van der Waals surface area contributed by atoms with E-state index in [0.717, 1.165) is 46.2 Å². The van der Waals surface area contributed by atoms with Crippen molar-refractivity contribution in [1.29, 1.82) is 0 Å². The van der Waals surface area contributed by atoms with Crippen LogP contribution in [0.25, 0.3) is 0 Å². The molecular formula is C23H19N3O4. The van der Waals surface area contributed by atoms with Gasteiger partial charge in [-0.1, -0.05) is 18.2 Å². The second kappa shape index (κ2) is 6.66. The van der Waals surface area contributed by atoms with Crippen molar-refractivity contribution in [2.75, 3.05) is 13.9 Å². The van der Waals surface area contributed by atoms with Gasteiger partial charge >= 0.3 is 0 Å². The number of benzene rings is 2. The number of pyridine rings is 1. The summed E-state index contributed by atoms with van der Waals surface area (Å²) in [4.78, 5) is 4.52. The maximum Gasteiger partial charge on any atom is 0.231 e. The fourth-order valence-electron chi connectivity index (χ4n) is 4.21. The minimum atomic E-state index is -0.438. The minimum Gasteiger partial charge on any atom is -0.493 e. The minimum absolute atomic E-state index is 0.0243. The summed E-state index contributed by atoms with van der Waals surface area (Å²) < 4.78 is 23.0. The molecular weight excluding hydrogens is 382 g/mol. The predicted molar refractivity (Wildman–Crippen MR) is 109 cm³/mol. The van der Waals surface area contributed by atoms with Gasteiger partial charge in [-0.05, 0) is 36.4 Å². The van der Waals surface area contributed by atoms with Crippen molar-refractivity contribution in [2.45, 2.75) is 18.7 Å². The molecule has 0 saturated heterocycles. The summed E-state index contributed by atoms with van der Waals surface area (Å²) in [6.07, 6.45) is 2.07. The second-order valence-corrected chi connectivity index (χ2v) is 7.32. The molecule has 0 spiro atoms. The Morgan fingerprint density at radius 2 is 1.97 bits per heavy atom. The number of hydrogen-bond donors (Lipinski definition) is 0. The van der Waals surface area contributed by atoms with Gasteiger partial charge in [-0.15, -0.1) is 0 Å². The highest BCUT2D eigenvalue weighted by Crippen LogP contribution is 2.50. The Hall–Kier alpha value is -3.74. The van der Waals surface area contributed by atoms with E-state index in [4.69, 9.17) is 24.0 Å². The molecule has 2 unspecified atom stereocenters. The third-order valence-corrected chi connectivity index (χ3v) is 5.65. The van der Waals surface area contributed by atoms with Gasteiger partial charge in [-0.25, -0.2) is 5.01 Å². The molecule has 0 amide bonds. The maximum atomic E-state index is 6.40. The van der Waals surface area contributed by atoms with Crippen LogP contribution in [-0.4, -0.2) is 29.6 Å². The van der Waals surface area contributed by atoms with E-state index in [9.17, 15) is 0 Å². The van der Waals surface area contributed by atoms with Crippen LogP contribution >= 0.6 is 0 Å². The fraction of sp³-hybridized carbons (Fsp3) is 0.217. The van der Waals surface area contributed by atoms with Crippen LogP contribution in [0.3, 0.4) is 0 Å². The Kier molecular flexibility index (Phi) is 3.80. The van der Waals surface area contributed by atoms with Crippen LogP contribution in [0.1, 0.15) is 35.5 Å². The molecule has 0 radical (unpaired) electrons. The monoisotopic (exact) mass is 401 g/mol. The normalized spacial score (nSPS) is 20.8. The topological polar surface area (TPSA) is 65.4 Å². The maximum absolute atomic E-state index is 6.40. The first-order valence-electron chi connectivity index (χ1n) is 9.82. The lowest BCUT2D eigenvalue weighted by Gasteiger charge is -2.38. The molecule has 1 aromatic heterocycles. The Balaban J connectivity index is 1.45. The molecule has 3 aromatic rings. The van der Waals surface area contributed by atoms with Crippen LogP contribution in [0.2, 0.25) is 0 Å². The first-order chi connectivity index (χ1) is 14.8. The highest BCUT2D eigenvalue weighted by atomic mass is 16.7. The molecule has 3 aliphatic heterocycles. The number of fused-ring (bicyclic) bond motifs is 4. The van der Waals surface area contributed by atoms with E-state index in [2.05, 4.69) is 11.1 Å². The fourth-order valence-corrected chi connectivity index (χ4v) is 4.21. The van der Waals surface area contributed by atoms with Gasteiger partial charge in [0.25, 0.3) is 0 Å². The first kappa shape index (κ1) is 17.1. The molecule has 7 heteroatoms. The number of para-hydroxylation sites is 1. The van der Waals surface area contributed by atoms with Gasteiger partial charge in [0.2, 0.25) is 13.0 Å². The molecule has 4 heterocycles. The van der Waals surface area contributed by atoms with Gasteiger partial charge in [-0.2, -0.15) is 5.10 Å². The van der Waals surface area contributed by atoms with Gasteiger partial charge in [0.15, 0.2) is 23.0 Å². The summed E-state index contributed by atoms with van der Waals surface area (Å²) in [6, 6.07) is 17.7. The SMILES string of the molecule is COc1cccc2c1OC(c1ccccn1)N1N=C(c3ccc4c(c3)OCO4)CC21. The lowest BCUT2D eigenvalue weighted by atomic mass is 9.96. The lowest BCUT2D eigenvalue weighted by molar-refractivity contribution is -0.0236. The van der Waals surface area contributed by atoms with Gasteiger partial charge in [0, 0.05) is 23.7 Å². The molecule has 0 fully saturated rings. The van der Waals surface area contributed by atoms with E-state index in [1.807, 2.05) is 53.5 Å². The number of hydrazone groups is 1. The summed E-state index contributed by atoms with van der Waals surface area (Å²) in [6.45, 7) is 0.253. The molecule has 3 aliphatic rings. The highest BCUT2D eigenvalue weighted by molar-refractivity contribution is 6.02. The average molecular weight is 401 g/mol. The van der Waals surface area contributed by atoms with E-state index in [0.29, 0.717) is 5.75 Å². The van der Waals surface area contributed by atoms with E-state index in [1.165, 1.54) is 0 Å². The molecule has 7 nitrogen and oxygen atoms in total. The van der Waals surface area contributed by atoms with E-state index in [-0.39, 0.29) is 12.8 Å². The van der Waals surface area contributed by atoms with E-state index in [1.54, 1.807) is 13.3 Å². The number of ether oxygens (including phenoxy) is 4. The molecule has 0 aliphatic carbocycles. The molecule has 2 aromatic carbocycles. The van der Waals surface area contributed by atoms with E-state index < -0.39 is 6.23 Å². The standard InChI is InChI=1S/C23H19N3O4/c1-27-20-7-4-5-15-18-12-17(14-8-9-19-21(11-14)29-13-28-19)25-26(18)23(30-22(15)20)16-6-2-3-10-24-16/h2-11,18,23H,12-13H2,1H3. The molecule has 30 heavy (non-hydrogen) atoms. The Labute approximate surface area is 173 Å². The van der Waals surface area contributed by atoms with Crippen LogP contribution in [0, 0.1) is 0 Å². The molecule has 0 N–H and O–H groups in total. The van der Waals surface area contributed by atoms with Crippen LogP contribution in [0.5, 0.6) is 23.0 Å². The van der Waals surface area contributed by atoms with Crippen molar-refractivity contribution in [3.8, 4) is 23.0 Å². The second-order valence-electron chi connectivity index (χ2n) is 7.32. The Morgan fingerprint density at radius 1 is 1.03 bits per heavy atom. The molecule has 0 saturated carbocycles. The Morgan fingerprint density at radius 3 is 2.83 bits per heavy atom. The first-order valence-corrected chi connectivity index (χ1v) is 9.82. The van der Waals surface area contributed by atoms with Crippen molar-refractivity contribution in [1.82, 2.24) is 9.99 Å². The zero-order chi connectivity index (χ0) is 20.1. The van der Waals surface area contributed by atoms with Crippen LogP contribution in [0.4, 0.5) is 0 Å². The van der Waals surface area contributed by atoms with E-state index >= 15 is 0 Å². The van der Waals surface area contributed by atoms with Crippen LogP contribution in [0.15, 0.2) is 65.9 Å². The lowest BCUT2D eigenvalue weighted by Crippen LogP contribution is -2.34. The van der Waals surface area contributed by atoms with Crippen molar-refractivity contribution in [2.24, 2.45) is 5.10 Å². The summed E-state index contributed by atoms with van der Waals surface area (Å²) >= 11 is 0. The number of methoxy groups -OCH3 is 1. The quantitative estimate of drug-likeness (QED) is 0.659. The largest absolute Gasteiger partial charge is 0.493 e. The predicted octanol–water partition coefficient (Wildman–Crippen LogP) is 4.06. The molecule has 0 bridgehead atoms. The summed E-state index contributed by atoms with van der Waals surface area (Å²) in [5.74, 6) is 2.98. The summed E-state index contributed by atoms with van der Waals surface area (Å²) in [5.41, 5.74) is 3.84. The van der Waals surface area contributed by atoms with Crippen molar-refractivity contribution in [3.05, 3.63) is 77.6 Å². The van der Waals surface area contributed by atoms with Crippen molar-refractivity contribution in [3.63, 3.8) is 0 Å². The Bertz CT molecular complexity index is 1150. The molecule has 6 rings (SSSR count). The number of nitrogens with zero attached hydrogens (tertiary/aromatic N) is 3. The zero-order valence-corrected chi connectivity index (χ0v) is 16.3. The average Bonchev–Trinajstić information content (AvgIpc) is 3.45. The highest BCUT2D eigenvalue weighted by Gasteiger charge is 2.42. The molecule has 2 atom stereocenters. The molecule has 150 valence electrons.